The minimum Gasteiger partial charge on any atom is -0.335 e. The van der Waals surface area contributed by atoms with Crippen molar-refractivity contribution >= 4 is 32.4 Å². The fourth-order valence-corrected chi connectivity index (χ4v) is 6.28. The van der Waals surface area contributed by atoms with E-state index < -0.39 is 21.9 Å². The van der Waals surface area contributed by atoms with Gasteiger partial charge in [-0.3, -0.25) is 9.59 Å². The SMILES string of the molecule is CC(C)C(=O)N1CCN(C(=O)c2ccc3ccccc3c2)[C@@H]2CS(=O)(=O)C[C@@H]21. The maximum atomic E-state index is 13.2. The second-order valence-corrected chi connectivity index (χ2v) is 10.1. The van der Waals surface area contributed by atoms with E-state index in [1.165, 1.54) is 0 Å². The van der Waals surface area contributed by atoms with Gasteiger partial charge in [-0.1, -0.05) is 44.2 Å². The zero-order valence-electron chi connectivity index (χ0n) is 16.0. The summed E-state index contributed by atoms with van der Waals surface area (Å²) in [4.78, 5) is 29.1. The van der Waals surface area contributed by atoms with Crippen LogP contribution in [0.2, 0.25) is 0 Å². The van der Waals surface area contributed by atoms with E-state index in [1.54, 1.807) is 15.9 Å². The molecule has 2 atom stereocenters. The van der Waals surface area contributed by atoms with Gasteiger partial charge in [0.05, 0.1) is 23.6 Å². The van der Waals surface area contributed by atoms with Gasteiger partial charge in [0.2, 0.25) is 5.91 Å². The molecule has 0 N–H and O–H groups in total. The molecule has 0 unspecified atom stereocenters. The summed E-state index contributed by atoms with van der Waals surface area (Å²) in [5.74, 6) is -0.581. The van der Waals surface area contributed by atoms with E-state index in [0.29, 0.717) is 18.7 Å². The smallest absolute Gasteiger partial charge is 0.254 e. The molecule has 2 aromatic carbocycles. The maximum absolute atomic E-state index is 13.2. The molecule has 0 saturated carbocycles. The van der Waals surface area contributed by atoms with Crippen molar-refractivity contribution in [1.29, 1.82) is 0 Å². The molecule has 2 aliphatic heterocycles. The van der Waals surface area contributed by atoms with Gasteiger partial charge >= 0.3 is 0 Å². The molecule has 2 aliphatic rings. The van der Waals surface area contributed by atoms with Crippen LogP contribution in [0.5, 0.6) is 0 Å². The highest BCUT2D eigenvalue weighted by molar-refractivity contribution is 7.91. The third-order valence-corrected chi connectivity index (χ3v) is 7.41. The zero-order valence-corrected chi connectivity index (χ0v) is 16.9. The fraction of sp³-hybridized carbons (Fsp3) is 0.429. The zero-order chi connectivity index (χ0) is 20.1. The van der Waals surface area contributed by atoms with Crippen LogP contribution in [0.4, 0.5) is 0 Å². The van der Waals surface area contributed by atoms with Gasteiger partial charge in [0.1, 0.15) is 0 Å². The molecule has 4 rings (SSSR count). The number of amides is 2. The predicted molar refractivity (Wildman–Crippen MR) is 108 cm³/mol. The predicted octanol–water partition coefficient (Wildman–Crippen LogP) is 1.95. The first-order valence-corrected chi connectivity index (χ1v) is 11.4. The Labute approximate surface area is 165 Å². The van der Waals surface area contributed by atoms with Gasteiger partial charge in [0, 0.05) is 24.6 Å². The number of benzene rings is 2. The first kappa shape index (κ1) is 18.9. The van der Waals surface area contributed by atoms with E-state index >= 15 is 0 Å². The van der Waals surface area contributed by atoms with Crippen molar-refractivity contribution in [2.75, 3.05) is 24.6 Å². The number of hydrogen-bond acceptors (Lipinski definition) is 4. The van der Waals surface area contributed by atoms with E-state index in [1.807, 2.05) is 50.2 Å². The van der Waals surface area contributed by atoms with Gasteiger partial charge in [-0.2, -0.15) is 0 Å². The standard InChI is InChI=1S/C21H24N2O4S/c1-14(2)20(24)22-9-10-23(19-13-28(26,27)12-18(19)22)21(25)17-8-7-15-5-3-4-6-16(15)11-17/h3-8,11,14,18-19H,9-10,12-13H2,1-2H3/t18-,19+/m0/s1. The number of sulfone groups is 1. The summed E-state index contributed by atoms with van der Waals surface area (Å²) in [7, 11) is -3.29. The largest absolute Gasteiger partial charge is 0.335 e. The molecule has 0 bridgehead atoms. The quantitative estimate of drug-likeness (QED) is 0.772. The Bertz CT molecular complexity index is 1050. The third kappa shape index (κ3) is 3.28. The summed E-state index contributed by atoms with van der Waals surface area (Å²) in [5.41, 5.74) is 0.547. The van der Waals surface area contributed by atoms with E-state index in [4.69, 9.17) is 0 Å². The Morgan fingerprint density at radius 2 is 1.54 bits per heavy atom. The summed E-state index contributed by atoms with van der Waals surface area (Å²) in [6.07, 6.45) is 0. The van der Waals surface area contributed by atoms with Crippen molar-refractivity contribution in [1.82, 2.24) is 9.80 Å². The fourth-order valence-electron chi connectivity index (χ4n) is 4.30. The van der Waals surface area contributed by atoms with Crippen molar-refractivity contribution in [3.05, 3.63) is 48.0 Å². The van der Waals surface area contributed by atoms with Crippen molar-refractivity contribution < 1.29 is 18.0 Å². The lowest BCUT2D eigenvalue weighted by Crippen LogP contribution is -2.62. The average Bonchev–Trinajstić information content (AvgIpc) is 3.00. The summed E-state index contributed by atoms with van der Waals surface area (Å²) >= 11 is 0. The molecular weight excluding hydrogens is 376 g/mol. The molecular formula is C21H24N2O4S. The number of carbonyl (C=O) groups is 2. The van der Waals surface area contributed by atoms with Crippen molar-refractivity contribution in [3.63, 3.8) is 0 Å². The molecule has 2 saturated heterocycles. The molecule has 2 heterocycles. The van der Waals surface area contributed by atoms with Crippen molar-refractivity contribution in [2.45, 2.75) is 25.9 Å². The van der Waals surface area contributed by atoms with E-state index in [-0.39, 0.29) is 29.2 Å². The summed E-state index contributed by atoms with van der Waals surface area (Å²) < 4.78 is 24.7. The topological polar surface area (TPSA) is 74.8 Å². The van der Waals surface area contributed by atoms with Gasteiger partial charge in [-0.25, -0.2) is 8.42 Å². The van der Waals surface area contributed by atoms with Gasteiger partial charge in [-0.05, 0) is 22.9 Å². The molecule has 7 heteroatoms. The summed E-state index contributed by atoms with van der Waals surface area (Å²) in [5, 5.41) is 2.02. The second kappa shape index (κ2) is 6.88. The Morgan fingerprint density at radius 3 is 2.21 bits per heavy atom. The van der Waals surface area contributed by atoms with Gasteiger partial charge in [0.15, 0.2) is 9.84 Å². The molecule has 0 aliphatic carbocycles. The number of nitrogens with zero attached hydrogens (tertiary/aromatic N) is 2. The van der Waals surface area contributed by atoms with Crippen LogP contribution in [0.15, 0.2) is 42.5 Å². The van der Waals surface area contributed by atoms with E-state index in [2.05, 4.69) is 0 Å². The number of fused-ring (bicyclic) bond motifs is 2. The molecule has 0 spiro atoms. The highest BCUT2D eigenvalue weighted by Crippen LogP contribution is 2.29. The molecule has 28 heavy (non-hydrogen) atoms. The van der Waals surface area contributed by atoms with Crippen LogP contribution in [0, 0.1) is 5.92 Å². The first-order chi connectivity index (χ1) is 13.3. The lowest BCUT2D eigenvalue weighted by atomic mass is 10.00. The molecule has 0 radical (unpaired) electrons. The monoisotopic (exact) mass is 400 g/mol. The minimum atomic E-state index is -3.29. The lowest BCUT2D eigenvalue weighted by molar-refractivity contribution is -0.139. The van der Waals surface area contributed by atoms with Crippen LogP contribution in [0.25, 0.3) is 10.8 Å². The first-order valence-electron chi connectivity index (χ1n) is 9.57. The van der Waals surface area contributed by atoms with Crippen LogP contribution in [-0.2, 0) is 14.6 Å². The Balaban J connectivity index is 1.66. The average molecular weight is 401 g/mol. The molecule has 2 aromatic rings. The normalized spacial score (nSPS) is 23.8. The van der Waals surface area contributed by atoms with Gasteiger partial charge < -0.3 is 9.80 Å². The molecule has 2 fully saturated rings. The molecule has 148 valence electrons. The second-order valence-electron chi connectivity index (χ2n) is 7.96. The Hall–Kier alpha value is -2.41. The number of carbonyl (C=O) groups excluding carboxylic acids is 2. The van der Waals surface area contributed by atoms with E-state index in [9.17, 15) is 18.0 Å². The highest BCUT2D eigenvalue weighted by atomic mass is 32.2. The lowest BCUT2D eigenvalue weighted by Gasteiger charge is -2.44. The molecule has 6 nitrogen and oxygen atoms in total. The van der Waals surface area contributed by atoms with Crippen LogP contribution in [-0.4, -0.2) is 66.7 Å². The Morgan fingerprint density at radius 1 is 0.929 bits per heavy atom. The maximum Gasteiger partial charge on any atom is 0.254 e. The van der Waals surface area contributed by atoms with Crippen LogP contribution in [0.1, 0.15) is 24.2 Å². The number of piperazine rings is 1. The van der Waals surface area contributed by atoms with Crippen molar-refractivity contribution in [2.24, 2.45) is 5.92 Å². The Kier molecular flexibility index (Phi) is 4.65. The summed E-state index contributed by atoms with van der Waals surface area (Å²) in [6, 6.07) is 12.4. The highest BCUT2D eigenvalue weighted by Gasteiger charge is 2.49. The van der Waals surface area contributed by atoms with Gasteiger partial charge in [0.25, 0.3) is 5.91 Å². The minimum absolute atomic E-state index is 0.0510. The van der Waals surface area contributed by atoms with E-state index in [0.717, 1.165) is 10.8 Å². The van der Waals surface area contributed by atoms with Gasteiger partial charge in [-0.15, -0.1) is 0 Å². The van der Waals surface area contributed by atoms with Crippen molar-refractivity contribution in [3.8, 4) is 0 Å². The van der Waals surface area contributed by atoms with Crippen LogP contribution >= 0.6 is 0 Å². The molecule has 2 amide bonds. The van der Waals surface area contributed by atoms with Crippen LogP contribution < -0.4 is 0 Å². The third-order valence-electron chi connectivity index (χ3n) is 5.71. The van der Waals surface area contributed by atoms with Crippen LogP contribution in [0.3, 0.4) is 0 Å². The summed E-state index contributed by atoms with van der Waals surface area (Å²) in [6.45, 7) is 4.34. The number of rotatable bonds is 2. The number of hydrogen-bond donors (Lipinski definition) is 0. The molecule has 0 aromatic heterocycles.